The van der Waals surface area contributed by atoms with Gasteiger partial charge < -0.3 is 5.32 Å². The molecule has 0 spiro atoms. The summed E-state index contributed by atoms with van der Waals surface area (Å²) in [5, 5.41) is 9.16. The van der Waals surface area contributed by atoms with Crippen LogP contribution in [0.3, 0.4) is 0 Å². The van der Waals surface area contributed by atoms with E-state index in [2.05, 4.69) is 32.3 Å². The van der Waals surface area contributed by atoms with Crippen LogP contribution in [0.1, 0.15) is 4.88 Å². The third-order valence-electron chi connectivity index (χ3n) is 2.30. The number of aromatic nitrogens is 2. The Kier molecular flexibility index (Phi) is 4.64. The van der Waals surface area contributed by atoms with Gasteiger partial charge in [-0.1, -0.05) is 17.5 Å². The lowest BCUT2D eigenvalue weighted by molar-refractivity contribution is 0.664. The van der Waals surface area contributed by atoms with E-state index in [0.717, 1.165) is 9.35 Å². The molecular weight excluding hydrogens is 350 g/mol. The molecule has 2 aromatic rings. The third kappa shape index (κ3) is 3.38. The van der Waals surface area contributed by atoms with E-state index < -0.39 is 0 Å². The number of hydrogen-bond donors (Lipinski definition) is 1. The summed E-state index contributed by atoms with van der Waals surface area (Å²) >= 11 is 10.9. The zero-order chi connectivity index (χ0) is 13.8. The zero-order valence-corrected chi connectivity index (χ0v) is 12.8. The fourth-order valence-corrected chi connectivity index (χ4v) is 3.03. The molecule has 7 heteroatoms. The molecule has 0 bridgehead atoms. The van der Waals surface area contributed by atoms with Crippen molar-refractivity contribution < 1.29 is 0 Å². The standard InChI is InChI=1S/C12H9BrClN3OS/c1-2-3-17-12(18)11(10(14)6-16-17)15-5-9-4-8(13)7-19-9/h1,4,6-7,15H,3,5H2. The molecule has 19 heavy (non-hydrogen) atoms. The second kappa shape index (κ2) is 6.24. The van der Waals surface area contributed by atoms with Crippen LogP contribution in [0, 0.1) is 12.3 Å². The average molecular weight is 359 g/mol. The van der Waals surface area contributed by atoms with Gasteiger partial charge in [0.2, 0.25) is 0 Å². The Labute approximate surface area is 127 Å². The summed E-state index contributed by atoms with van der Waals surface area (Å²) in [6.45, 7) is 0.639. The van der Waals surface area contributed by atoms with Crippen LogP contribution in [0.4, 0.5) is 5.69 Å². The molecule has 0 aliphatic heterocycles. The van der Waals surface area contributed by atoms with E-state index >= 15 is 0 Å². The fourth-order valence-electron chi connectivity index (χ4n) is 1.45. The number of anilines is 1. The van der Waals surface area contributed by atoms with Crippen molar-refractivity contribution in [3.63, 3.8) is 0 Å². The lowest BCUT2D eigenvalue weighted by Gasteiger charge is -2.08. The number of halogens is 2. The van der Waals surface area contributed by atoms with Gasteiger partial charge in [0.25, 0.3) is 5.56 Å². The minimum Gasteiger partial charge on any atom is -0.374 e. The van der Waals surface area contributed by atoms with Gasteiger partial charge in [0.1, 0.15) is 12.2 Å². The monoisotopic (exact) mass is 357 g/mol. The molecule has 2 aromatic heterocycles. The van der Waals surface area contributed by atoms with E-state index in [-0.39, 0.29) is 17.1 Å². The number of rotatable bonds is 4. The molecular formula is C12H9BrClN3OS. The number of terminal acetylenes is 1. The van der Waals surface area contributed by atoms with Gasteiger partial charge in [-0.15, -0.1) is 17.8 Å². The topological polar surface area (TPSA) is 46.9 Å². The molecule has 0 radical (unpaired) electrons. The predicted molar refractivity (Wildman–Crippen MR) is 81.7 cm³/mol. The molecule has 0 amide bonds. The molecule has 1 N–H and O–H groups in total. The van der Waals surface area contributed by atoms with Crippen molar-refractivity contribution in [3.05, 3.63) is 42.4 Å². The van der Waals surface area contributed by atoms with Gasteiger partial charge in [-0.2, -0.15) is 5.10 Å². The number of nitrogens with one attached hydrogen (secondary N) is 1. The number of thiophene rings is 1. The summed E-state index contributed by atoms with van der Waals surface area (Å²) in [5.41, 5.74) is -0.00230. The van der Waals surface area contributed by atoms with Crippen molar-refractivity contribution in [2.45, 2.75) is 13.1 Å². The lowest BCUT2D eigenvalue weighted by atomic mass is 10.4. The van der Waals surface area contributed by atoms with Crippen molar-refractivity contribution in [3.8, 4) is 12.3 Å². The molecule has 4 nitrogen and oxygen atoms in total. The minimum atomic E-state index is -0.318. The van der Waals surface area contributed by atoms with Crippen LogP contribution in [-0.2, 0) is 13.1 Å². The van der Waals surface area contributed by atoms with Gasteiger partial charge >= 0.3 is 0 Å². The first-order chi connectivity index (χ1) is 9.11. The molecule has 0 aliphatic rings. The highest BCUT2D eigenvalue weighted by atomic mass is 79.9. The number of hydrogen-bond acceptors (Lipinski definition) is 4. The van der Waals surface area contributed by atoms with Gasteiger partial charge in [0.15, 0.2) is 0 Å². The van der Waals surface area contributed by atoms with Gasteiger partial charge in [-0.05, 0) is 22.0 Å². The van der Waals surface area contributed by atoms with Crippen LogP contribution >= 0.6 is 38.9 Å². The van der Waals surface area contributed by atoms with E-state index in [1.54, 1.807) is 11.3 Å². The largest absolute Gasteiger partial charge is 0.374 e. The Hall–Kier alpha value is -1.29. The molecule has 0 atom stereocenters. The van der Waals surface area contributed by atoms with Crippen molar-refractivity contribution in [1.29, 1.82) is 0 Å². The maximum Gasteiger partial charge on any atom is 0.292 e. The Morgan fingerprint density at radius 1 is 1.63 bits per heavy atom. The van der Waals surface area contributed by atoms with Crippen molar-refractivity contribution in [2.75, 3.05) is 5.32 Å². The first-order valence-corrected chi connectivity index (χ1v) is 7.32. The Bertz CT molecular complexity index is 689. The normalized spacial score (nSPS) is 10.2. The van der Waals surface area contributed by atoms with E-state index in [1.807, 2.05) is 11.4 Å². The highest BCUT2D eigenvalue weighted by molar-refractivity contribution is 9.10. The number of nitrogens with zero attached hydrogens (tertiary/aromatic N) is 2. The minimum absolute atomic E-state index is 0.120. The lowest BCUT2D eigenvalue weighted by Crippen LogP contribution is -2.25. The fraction of sp³-hybridized carbons (Fsp3) is 0.167. The first kappa shape index (κ1) is 14.1. The summed E-state index contributed by atoms with van der Waals surface area (Å²) < 4.78 is 2.21. The second-order valence-electron chi connectivity index (χ2n) is 3.62. The summed E-state index contributed by atoms with van der Waals surface area (Å²) in [5.74, 6) is 2.37. The van der Waals surface area contributed by atoms with Crippen LogP contribution in [0.2, 0.25) is 5.02 Å². The second-order valence-corrected chi connectivity index (χ2v) is 5.94. The highest BCUT2D eigenvalue weighted by Crippen LogP contribution is 2.22. The van der Waals surface area contributed by atoms with E-state index in [1.165, 1.54) is 10.9 Å². The van der Waals surface area contributed by atoms with Gasteiger partial charge in [0.05, 0.1) is 11.2 Å². The molecule has 0 saturated heterocycles. The predicted octanol–water partition coefficient (Wildman–Crippen LogP) is 2.97. The van der Waals surface area contributed by atoms with Crippen molar-refractivity contribution in [2.24, 2.45) is 0 Å². The van der Waals surface area contributed by atoms with Gasteiger partial charge in [0, 0.05) is 21.3 Å². The summed E-state index contributed by atoms with van der Waals surface area (Å²) in [6, 6.07) is 1.98. The molecule has 2 heterocycles. The highest BCUT2D eigenvalue weighted by Gasteiger charge is 2.09. The summed E-state index contributed by atoms with van der Waals surface area (Å²) in [6.07, 6.45) is 6.59. The summed E-state index contributed by atoms with van der Waals surface area (Å²) in [7, 11) is 0. The molecule has 0 fully saturated rings. The van der Waals surface area contributed by atoms with Crippen molar-refractivity contribution >= 4 is 44.6 Å². The maximum absolute atomic E-state index is 12.1. The molecule has 0 aromatic carbocycles. The smallest absolute Gasteiger partial charge is 0.292 e. The Morgan fingerprint density at radius 2 is 2.42 bits per heavy atom. The van der Waals surface area contributed by atoms with Crippen LogP contribution in [0.15, 0.2) is 26.9 Å². The zero-order valence-electron chi connectivity index (χ0n) is 9.69. The first-order valence-electron chi connectivity index (χ1n) is 5.27. The Balaban J connectivity index is 2.22. The maximum atomic E-state index is 12.1. The van der Waals surface area contributed by atoms with E-state index in [9.17, 15) is 4.79 Å². The molecule has 0 saturated carbocycles. The van der Waals surface area contributed by atoms with Crippen LogP contribution in [-0.4, -0.2) is 9.78 Å². The van der Waals surface area contributed by atoms with Crippen LogP contribution < -0.4 is 10.9 Å². The molecule has 98 valence electrons. The quantitative estimate of drug-likeness (QED) is 0.855. The summed E-state index contributed by atoms with van der Waals surface area (Å²) in [4.78, 5) is 13.1. The van der Waals surface area contributed by atoms with Crippen LogP contribution in [0.25, 0.3) is 0 Å². The SMILES string of the molecule is C#CCn1ncc(Cl)c(NCc2cc(Br)cs2)c1=O. The average Bonchev–Trinajstić information content (AvgIpc) is 2.79. The van der Waals surface area contributed by atoms with Crippen LogP contribution in [0.5, 0.6) is 0 Å². The van der Waals surface area contributed by atoms with E-state index in [4.69, 9.17) is 18.0 Å². The third-order valence-corrected chi connectivity index (χ3v) is 4.28. The molecule has 0 unspecified atom stereocenters. The van der Waals surface area contributed by atoms with Gasteiger partial charge in [-0.3, -0.25) is 4.79 Å². The van der Waals surface area contributed by atoms with E-state index in [0.29, 0.717) is 12.2 Å². The van der Waals surface area contributed by atoms with Crippen molar-refractivity contribution in [1.82, 2.24) is 9.78 Å². The molecule has 0 aliphatic carbocycles. The Morgan fingerprint density at radius 3 is 3.05 bits per heavy atom. The van der Waals surface area contributed by atoms with Gasteiger partial charge in [-0.25, -0.2) is 4.68 Å². The molecule has 2 rings (SSSR count).